The quantitative estimate of drug-likeness (QED) is 0.305. The number of hydrogen-bond donors (Lipinski definition) is 3. The fourth-order valence-corrected chi connectivity index (χ4v) is 5.25. The third kappa shape index (κ3) is 8.75. The Bertz CT molecular complexity index is 772. The van der Waals surface area contributed by atoms with Gasteiger partial charge in [-0.1, -0.05) is 69.4 Å². The lowest BCUT2D eigenvalue weighted by Crippen LogP contribution is -2.51. The molecule has 5 nitrogen and oxygen atoms in total. The normalized spacial score (nSPS) is 16.3. The zero-order chi connectivity index (χ0) is 24.3. The van der Waals surface area contributed by atoms with E-state index in [1.807, 2.05) is 6.26 Å². The molecule has 1 atom stereocenters. The Hall–Kier alpha value is -1.34. The molecule has 0 fully saturated rings. The van der Waals surface area contributed by atoms with Gasteiger partial charge >= 0.3 is 5.97 Å². The molecule has 0 radical (unpaired) electrons. The summed E-state index contributed by atoms with van der Waals surface area (Å²) in [5, 5.41) is 11.8. The fraction of sp³-hybridized carbons (Fsp3) is 0.667. The summed E-state index contributed by atoms with van der Waals surface area (Å²) in [4.78, 5) is 11.8. The number of rotatable bonds is 15. The Morgan fingerprint density at radius 3 is 2.48 bits per heavy atom. The van der Waals surface area contributed by atoms with Crippen molar-refractivity contribution in [3.63, 3.8) is 0 Å². The van der Waals surface area contributed by atoms with Crippen molar-refractivity contribution in [2.75, 3.05) is 25.1 Å². The average molecular weight is 476 g/mol. The second-order valence-corrected chi connectivity index (χ2v) is 10.6. The number of carboxylic acids is 1. The smallest absolute Gasteiger partial charge is 0.322 e. The van der Waals surface area contributed by atoms with Crippen LogP contribution in [0.3, 0.4) is 0 Å². The van der Waals surface area contributed by atoms with Crippen molar-refractivity contribution in [2.45, 2.75) is 90.1 Å². The fourth-order valence-electron chi connectivity index (χ4n) is 4.78. The van der Waals surface area contributed by atoms with E-state index in [4.69, 9.17) is 5.73 Å². The number of carboxylic acid groups (broad SMARTS) is 1. The Labute approximate surface area is 205 Å². The van der Waals surface area contributed by atoms with Crippen LogP contribution in [0.1, 0.15) is 82.8 Å². The van der Waals surface area contributed by atoms with Crippen LogP contribution in [0.4, 0.5) is 0 Å². The molecule has 6 heteroatoms. The second kappa shape index (κ2) is 14.1. The number of nitrogens with one attached hydrogen (secondary N) is 1. The summed E-state index contributed by atoms with van der Waals surface area (Å²) in [6.45, 7) is 8.15. The number of hydrazine groups is 1. The summed E-state index contributed by atoms with van der Waals surface area (Å²) < 4.78 is 0. The number of benzene rings is 1. The number of aliphatic carboxylic acids is 1. The van der Waals surface area contributed by atoms with Crippen molar-refractivity contribution in [2.24, 2.45) is 5.73 Å². The Morgan fingerprint density at radius 1 is 1.24 bits per heavy atom. The number of nitrogens with two attached hydrogens (primary N) is 1. The van der Waals surface area contributed by atoms with E-state index in [0.717, 1.165) is 50.8 Å². The molecule has 0 saturated heterocycles. The first kappa shape index (κ1) is 27.9. The van der Waals surface area contributed by atoms with Crippen molar-refractivity contribution in [1.82, 2.24) is 10.4 Å². The van der Waals surface area contributed by atoms with Gasteiger partial charge in [0.1, 0.15) is 6.04 Å². The van der Waals surface area contributed by atoms with Gasteiger partial charge < -0.3 is 10.8 Å². The molecule has 0 spiro atoms. The molecule has 0 aliphatic carbocycles. The third-order valence-electron chi connectivity index (χ3n) is 6.80. The molecule has 1 aliphatic rings. The number of nitrogens with zero attached hydrogens (tertiary/aromatic N) is 1. The van der Waals surface area contributed by atoms with Gasteiger partial charge in [-0.05, 0) is 67.7 Å². The molecule has 0 saturated carbocycles. The number of hydrogen-bond acceptors (Lipinski definition) is 5. The van der Waals surface area contributed by atoms with E-state index in [2.05, 4.69) is 55.5 Å². The second-order valence-electron chi connectivity index (χ2n) is 9.62. The highest BCUT2D eigenvalue weighted by atomic mass is 32.2. The molecule has 4 N–H and O–H groups in total. The van der Waals surface area contributed by atoms with Crippen LogP contribution in [0.15, 0.2) is 29.8 Å². The minimum atomic E-state index is -0.781. The van der Waals surface area contributed by atoms with Crippen molar-refractivity contribution < 1.29 is 9.90 Å². The van der Waals surface area contributed by atoms with Crippen molar-refractivity contribution in [3.8, 4) is 0 Å². The molecule has 0 aromatic heterocycles. The number of aryl methyl sites for hydroxylation is 1. The monoisotopic (exact) mass is 475 g/mol. The molecule has 1 aromatic carbocycles. The van der Waals surface area contributed by atoms with E-state index in [0.29, 0.717) is 13.0 Å². The van der Waals surface area contributed by atoms with Gasteiger partial charge in [-0.25, -0.2) is 10.4 Å². The highest BCUT2D eigenvalue weighted by molar-refractivity contribution is 7.98. The molecule has 0 bridgehead atoms. The third-order valence-corrected chi connectivity index (χ3v) is 7.44. The summed E-state index contributed by atoms with van der Waals surface area (Å²) in [6.07, 6.45) is 11.3. The van der Waals surface area contributed by atoms with Crippen LogP contribution < -0.4 is 11.2 Å². The van der Waals surface area contributed by atoms with Crippen LogP contribution in [0.5, 0.6) is 0 Å². The Balaban J connectivity index is 2.33. The maximum Gasteiger partial charge on any atom is 0.322 e. The van der Waals surface area contributed by atoms with Gasteiger partial charge in [0.15, 0.2) is 0 Å². The van der Waals surface area contributed by atoms with Crippen LogP contribution in [0.2, 0.25) is 0 Å². The lowest BCUT2D eigenvalue weighted by Gasteiger charge is -2.37. The maximum atomic E-state index is 11.8. The topological polar surface area (TPSA) is 78.6 Å². The SMILES string of the molecule is CCCCC(N)(CCCC)CC1=C(c2ccccc2C)CN(N[C@@H](CCSC)C(=O)O)CC1. The van der Waals surface area contributed by atoms with Crippen molar-refractivity contribution >= 4 is 23.3 Å². The molecule has 0 amide bonds. The molecular weight excluding hydrogens is 430 g/mol. The summed E-state index contributed by atoms with van der Waals surface area (Å²) >= 11 is 1.68. The number of unbranched alkanes of at least 4 members (excludes halogenated alkanes) is 2. The van der Waals surface area contributed by atoms with Gasteiger partial charge in [-0.15, -0.1) is 0 Å². The van der Waals surface area contributed by atoms with E-state index in [9.17, 15) is 9.90 Å². The van der Waals surface area contributed by atoms with Gasteiger partial charge in [0.05, 0.1) is 0 Å². The minimum Gasteiger partial charge on any atom is -0.480 e. The first-order valence-electron chi connectivity index (χ1n) is 12.6. The van der Waals surface area contributed by atoms with E-state index >= 15 is 0 Å². The average Bonchev–Trinajstić information content (AvgIpc) is 2.80. The maximum absolute atomic E-state index is 11.8. The molecule has 1 aliphatic heterocycles. The predicted molar refractivity (Wildman–Crippen MR) is 142 cm³/mol. The predicted octanol–water partition coefficient (Wildman–Crippen LogP) is 5.63. The summed E-state index contributed by atoms with van der Waals surface area (Å²) in [5.41, 5.74) is 15.5. The minimum absolute atomic E-state index is 0.160. The van der Waals surface area contributed by atoms with Crippen LogP contribution in [0.25, 0.3) is 5.57 Å². The van der Waals surface area contributed by atoms with Crippen molar-refractivity contribution in [3.05, 3.63) is 41.0 Å². The van der Waals surface area contributed by atoms with Gasteiger partial charge in [0, 0.05) is 18.6 Å². The van der Waals surface area contributed by atoms with E-state index < -0.39 is 12.0 Å². The van der Waals surface area contributed by atoms with Gasteiger partial charge in [-0.3, -0.25) is 4.79 Å². The number of carbonyl (C=O) groups is 1. The molecule has 2 rings (SSSR count). The summed E-state index contributed by atoms with van der Waals surface area (Å²) in [7, 11) is 0. The zero-order valence-electron chi connectivity index (χ0n) is 21.2. The highest BCUT2D eigenvalue weighted by Gasteiger charge is 2.30. The largest absolute Gasteiger partial charge is 0.480 e. The van der Waals surface area contributed by atoms with Crippen LogP contribution in [-0.4, -0.2) is 52.8 Å². The van der Waals surface area contributed by atoms with Crippen LogP contribution in [0, 0.1) is 6.92 Å². The molecule has 33 heavy (non-hydrogen) atoms. The molecule has 186 valence electrons. The molecule has 0 unspecified atom stereocenters. The van der Waals surface area contributed by atoms with E-state index in [1.165, 1.54) is 35.1 Å². The Morgan fingerprint density at radius 2 is 1.91 bits per heavy atom. The first-order valence-corrected chi connectivity index (χ1v) is 14.0. The van der Waals surface area contributed by atoms with Crippen LogP contribution >= 0.6 is 11.8 Å². The number of thioether (sulfide) groups is 1. The zero-order valence-corrected chi connectivity index (χ0v) is 22.0. The summed E-state index contributed by atoms with van der Waals surface area (Å²) in [6, 6.07) is 7.99. The summed E-state index contributed by atoms with van der Waals surface area (Å²) in [5.74, 6) is 0.0463. The van der Waals surface area contributed by atoms with Gasteiger partial charge in [0.25, 0.3) is 0 Å². The van der Waals surface area contributed by atoms with Gasteiger partial charge in [-0.2, -0.15) is 11.8 Å². The van der Waals surface area contributed by atoms with E-state index in [1.54, 1.807) is 11.8 Å². The molecular formula is C27H45N3O2S. The molecule has 1 heterocycles. The van der Waals surface area contributed by atoms with E-state index in [-0.39, 0.29) is 5.54 Å². The van der Waals surface area contributed by atoms with Crippen LogP contribution in [-0.2, 0) is 4.79 Å². The lowest BCUT2D eigenvalue weighted by molar-refractivity contribution is -0.141. The molecule has 1 aromatic rings. The highest BCUT2D eigenvalue weighted by Crippen LogP contribution is 2.35. The standard InChI is InChI=1S/C27H45N3O2S/c1-5-7-15-27(28,16-8-6-2)19-22-13-17-30(29-25(26(31)32)14-18-33-4)20-24(22)23-12-10-9-11-21(23)3/h9-12,25,29H,5-8,13-20,28H2,1-4H3,(H,31,32)/t25-/m0/s1. The van der Waals surface area contributed by atoms with Crippen molar-refractivity contribution in [1.29, 1.82) is 0 Å². The lowest BCUT2D eigenvalue weighted by atomic mass is 9.78. The van der Waals surface area contributed by atoms with Gasteiger partial charge in [0.2, 0.25) is 0 Å². The first-order chi connectivity index (χ1) is 15.8. The Kier molecular flexibility index (Phi) is 12.0.